The number of ketones is 1. The molecule has 0 aliphatic heterocycles. The van der Waals surface area contributed by atoms with E-state index in [1.807, 2.05) is 0 Å². The summed E-state index contributed by atoms with van der Waals surface area (Å²) in [5.74, 6) is -3.09. The second-order valence-corrected chi connectivity index (χ2v) is 4.35. The third kappa shape index (κ3) is 4.29. The number of aliphatic hydroxyl groups is 1. The number of hydrogen-bond acceptors (Lipinski definition) is 5. The van der Waals surface area contributed by atoms with E-state index in [4.69, 9.17) is 9.47 Å². The highest BCUT2D eigenvalue weighted by atomic mass is 16.6. The maximum Gasteiger partial charge on any atom is 0.330 e. The molecule has 0 radical (unpaired) electrons. The summed E-state index contributed by atoms with van der Waals surface area (Å²) in [6.45, 7) is 6.12. The van der Waals surface area contributed by atoms with Crippen molar-refractivity contribution >= 4 is 11.8 Å². The summed E-state index contributed by atoms with van der Waals surface area (Å²) < 4.78 is 9.78. The molecule has 1 aromatic rings. The normalized spacial score (nSPS) is 13.3. The van der Waals surface area contributed by atoms with E-state index in [9.17, 15) is 14.7 Å². The Hall–Kier alpha value is -1.98. The van der Waals surface area contributed by atoms with Gasteiger partial charge in [0.25, 0.3) is 0 Å². The van der Waals surface area contributed by atoms with Gasteiger partial charge in [0.15, 0.2) is 0 Å². The van der Waals surface area contributed by atoms with Crippen LogP contribution in [0.2, 0.25) is 0 Å². The molecule has 1 rings (SSSR count). The number of ether oxygens (including phenoxy) is 2. The second-order valence-electron chi connectivity index (χ2n) is 4.35. The first-order valence-corrected chi connectivity index (χ1v) is 6.14. The van der Waals surface area contributed by atoms with Gasteiger partial charge in [-0.3, -0.25) is 4.79 Å². The van der Waals surface area contributed by atoms with E-state index in [-0.39, 0.29) is 13.2 Å². The van der Waals surface area contributed by atoms with Crippen molar-refractivity contribution in [1.82, 2.24) is 0 Å². The van der Waals surface area contributed by atoms with Crippen LogP contribution in [0.3, 0.4) is 0 Å². The molecule has 0 saturated heterocycles. The van der Waals surface area contributed by atoms with E-state index >= 15 is 0 Å². The van der Waals surface area contributed by atoms with Crippen molar-refractivity contribution < 1.29 is 24.2 Å². The molecule has 0 heterocycles. The zero-order valence-electron chi connectivity index (χ0n) is 11.6. The lowest BCUT2D eigenvalue weighted by Gasteiger charge is -2.22. The van der Waals surface area contributed by atoms with Gasteiger partial charge in [0.05, 0.1) is 6.61 Å². The molecule has 5 heteroatoms. The third-order valence-corrected chi connectivity index (χ3v) is 2.69. The van der Waals surface area contributed by atoms with Crippen LogP contribution >= 0.6 is 0 Å². The molecule has 0 fully saturated rings. The standard InChI is InChI=1S/C15H18O5/c1-4-13(16)19-9-10-20-15(3,18)14(17)12-8-6-5-7-11(12)2/h4-8,18H,1,9-10H2,2-3H3. The van der Waals surface area contributed by atoms with Gasteiger partial charge < -0.3 is 14.6 Å². The van der Waals surface area contributed by atoms with Crippen molar-refractivity contribution in [2.45, 2.75) is 19.6 Å². The van der Waals surface area contributed by atoms with Crippen molar-refractivity contribution in [2.75, 3.05) is 13.2 Å². The van der Waals surface area contributed by atoms with Gasteiger partial charge in [-0.15, -0.1) is 0 Å². The van der Waals surface area contributed by atoms with Crippen LogP contribution in [0.15, 0.2) is 36.9 Å². The molecule has 0 saturated carbocycles. The van der Waals surface area contributed by atoms with Gasteiger partial charge in [-0.1, -0.05) is 30.8 Å². The summed E-state index contributed by atoms with van der Waals surface area (Å²) in [5.41, 5.74) is 1.14. The van der Waals surface area contributed by atoms with E-state index in [1.54, 1.807) is 31.2 Å². The predicted molar refractivity (Wildman–Crippen MR) is 73.2 cm³/mol. The van der Waals surface area contributed by atoms with E-state index < -0.39 is 17.5 Å². The average Bonchev–Trinajstić information content (AvgIpc) is 2.43. The number of benzene rings is 1. The first kappa shape index (κ1) is 16.1. The Morgan fingerprint density at radius 1 is 1.35 bits per heavy atom. The summed E-state index contributed by atoms with van der Waals surface area (Å²) in [6, 6.07) is 6.90. The van der Waals surface area contributed by atoms with Crippen LogP contribution in [0.25, 0.3) is 0 Å². The van der Waals surface area contributed by atoms with Crippen LogP contribution in [0.5, 0.6) is 0 Å². The summed E-state index contributed by atoms with van der Waals surface area (Å²) in [4.78, 5) is 23.0. The molecular weight excluding hydrogens is 260 g/mol. The number of aryl methyl sites for hydroxylation is 1. The fourth-order valence-corrected chi connectivity index (χ4v) is 1.58. The summed E-state index contributed by atoms with van der Waals surface area (Å²) in [7, 11) is 0. The summed E-state index contributed by atoms with van der Waals surface area (Å²) in [5, 5.41) is 10.1. The van der Waals surface area contributed by atoms with Crippen molar-refractivity contribution in [1.29, 1.82) is 0 Å². The van der Waals surface area contributed by atoms with Gasteiger partial charge in [0.1, 0.15) is 6.61 Å². The van der Waals surface area contributed by atoms with Crippen molar-refractivity contribution in [2.24, 2.45) is 0 Å². The maximum atomic E-state index is 12.2. The van der Waals surface area contributed by atoms with E-state index in [1.165, 1.54) is 6.92 Å². The van der Waals surface area contributed by atoms with Crippen molar-refractivity contribution in [3.63, 3.8) is 0 Å². The Morgan fingerprint density at radius 2 is 2.00 bits per heavy atom. The smallest absolute Gasteiger partial charge is 0.330 e. The zero-order valence-corrected chi connectivity index (χ0v) is 11.6. The highest BCUT2D eigenvalue weighted by Crippen LogP contribution is 2.17. The van der Waals surface area contributed by atoms with Crippen molar-refractivity contribution in [3.8, 4) is 0 Å². The fraction of sp³-hybridized carbons (Fsp3) is 0.333. The number of carbonyl (C=O) groups excluding carboxylic acids is 2. The molecule has 0 aliphatic rings. The second kappa shape index (κ2) is 6.98. The number of esters is 1. The number of rotatable bonds is 7. The van der Waals surface area contributed by atoms with Gasteiger partial charge >= 0.3 is 5.97 Å². The Balaban J connectivity index is 2.60. The molecule has 0 amide bonds. The van der Waals surface area contributed by atoms with Crippen LogP contribution in [-0.2, 0) is 14.3 Å². The fourth-order valence-electron chi connectivity index (χ4n) is 1.58. The van der Waals surface area contributed by atoms with E-state index in [0.717, 1.165) is 11.6 Å². The molecule has 0 spiro atoms. The Labute approximate surface area is 117 Å². The van der Waals surface area contributed by atoms with Gasteiger partial charge in [-0.2, -0.15) is 0 Å². The molecule has 1 aromatic carbocycles. The first-order valence-electron chi connectivity index (χ1n) is 6.14. The molecule has 108 valence electrons. The van der Waals surface area contributed by atoms with Crippen molar-refractivity contribution in [3.05, 3.63) is 48.0 Å². The minimum atomic E-state index is -1.97. The highest BCUT2D eigenvalue weighted by molar-refractivity contribution is 6.02. The molecule has 1 atom stereocenters. The Morgan fingerprint density at radius 3 is 2.60 bits per heavy atom. The highest BCUT2D eigenvalue weighted by Gasteiger charge is 2.33. The monoisotopic (exact) mass is 278 g/mol. The molecule has 1 unspecified atom stereocenters. The average molecular weight is 278 g/mol. The molecule has 0 aliphatic carbocycles. The number of hydrogen-bond donors (Lipinski definition) is 1. The number of Topliss-reactive ketones (excluding diaryl/α,β-unsaturated/α-hetero) is 1. The lowest BCUT2D eigenvalue weighted by molar-refractivity contribution is -0.166. The minimum Gasteiger partial charge on any atom is -0.460 e. The zero-order chi connectivity index (χ0) is 15.2. The maximum absolute atomic E-state index is 12.2. The van der Waals surface area contributed by atoms with Crippen LogP contribution in [-0.4, -0.2) is 35.9 Å². The lowest BCUT2D eigenvalue weighted by atomic mass is 10.00. The Kier molecular flexibility index (Phi) is 5.61. The van der Waals surface area contributed by atoms with Gasteiger partial charge in [-0.25, -0.2) is 4.79 Å². The van der Waals surface area contributed by atoms with Crippen LogP contribution in [0, 0.1) is 6.92 Å². The molecule has 20 heavy (non-hydrogen) atoms. The minimum absolute atomic E-state index is 0.0674. The predicted octanol–water partition coefficient (Wildman–Crippen LogP) is 1.63. The summed E-state index contributed by atoms with van der Waals surface area (Å²) >= 11 is 0. The topological polar surface area (TPSA) is 72.8 Å². The lowest BCUT2D eigenvalue weighted by Crippen LogP contribution is -2.39. The molecule has 1 N–H and O–H groups in total. The SMILES string of the molecule is C=CC(=O)OCCOC(C)(O)C(=O)c1ccccc1C. The van der Waals surface area contributed by atoms with E-state index in [0.29, 0.717) is 5.56 Å². The summed E-state index contributed by atoms with van der Waals surface area (Å²) in [6.07, 6.45) is 1.02. The Bertz CT molecular complexity index is 505. The van der Waals surface area contributed by atoms with Crippen LogP contribution < -0.4 is 0 Å². The van der Waals surface area contributed by atoms with E-state index in [2.05, 4.69) is 6.58 Å². The molecular formula is C15H18O5. The quantitative estimate of drug-likeness (QED) is 0.270. The van der Waals surface area contributed by atoms with Crippen LogP contribution in [0.4, 0.5) is 0 Å². The van der Waals surface area contributed by atoms with Gasteiger partial charge in [-0.05, 0) is 19.4 Å². The number of carbonyl (C=O) groups is 2. The third-order valence-electron chi connectivity index (χ3n) is 2.69. The van der Waals surface area contributed by atoms with Gasteiger partial charge in [0.2, 0.25) is 11.6 Å². The molecule has 0 aromatic heterocycles. The first-order chi connectivity index (χ1) is 9.38. The largest absolute Gasteiger partial charge is 0.460 e. The molecule has 5 nitrogen and oxygen atoms in total. The van der Waals surface area contributed by atoms with Crippen LogP contribution in [0.1, 0.15) is 22.8 Å². The molecule has 0 bridgehead atoms. The van der Waals surface area contributed by atoms with Gasteiger partial charge in [0, 0.05) is 11.6 Å².